The zero-order valence-corrected chi connectivity index (χ0v) is 19.3. The Kier molecular flexibility index (Phi) is 7.11. The number of hydrogen-bond donors (Lipinski definition) is 2. The van der Waals surface area contributed by atoms with Gasteiger partial charge in [0, 0.05) is 19.5 Å². The summed E-state index contributed by atoms with van der Waals surface area (Å²) >= 11 is 0. The summed E-state index contributed by atoms with van der Waals surface area (Å²) in [6.07, 6.45) is -0.763. The fourth-order valence-electron chi connectivity index (χ4n) is 3.72. The van der Waals surface area contributed by atoms with Gasteiger partial charge in [-0.05, 0) is 24.0 Å². The maximum absolute atomic E-state index is 12.8. The predicted octanol–water partition coefficient (Wildman–Crippen LogP) is 1.22. The Balaban J connectivity index is 1.69. The molecule has 0 bridgehead atoms. The van der Waals surface area contributed by atoms with Crippen LogP contribution in [0.2, 0.25) is 0 Å². The number of nitrogens with two attached hydrogens (primary N) is 1. The number of piperidine rings is 1. The number of rotatable bonds is 8. The van der Waals surface area contributed by atoms with Crippen molar-refractivity contribution in [2.24, 2.45) is 18.2 Å². The van der Waals surface area contributed by atoms with Gasteiger partial charge in [0.25, 0.3) is 0 Å². The lowest BCUT2D eigenvalue weighted by molar-refractivity contribution is -0.135. The summed E-state index contributed by atoms with van der Waals surface area (Å²) < 4.78 is 19.3. The number of imidazole rings is 1. The minimum absolute atomic E-state index is 0.0424. The third-order valence-electron chi connectivity index (χ3n) is 5.60. The third kappa shape index (κ3) is 5.54. The van der Waals surface area contributed by atoms with E-state index in [0.29, 0.717) is 16.8 Å². The van der Waals surface area contributed by atoms with Gasteiger partial charge in [0.2, 0.25) is 11.8 Å². The van der Waals surface area contributed by atoms with Crippen LogP contribution in [0, 0.1) is 5.41 Å². The molecule has 1 fully saturated rings. The fourth-order valence-corrected chi connectivity index (χ4v) is 3.72. The van der Waals surface area contributed by atoms with Crippen LogP contribution in [0.25, 0.3) is 11.0 Å². The van der Waals surface area contributed by atoms with Crippen LogP contribution in [0.4, 0.5) is 4.79 Å². The van der Waals surface area contributed by atoms with Crippen LogP contribution in [0.15, 0.2) is 23.0 Å². The van der Waals surface area contributed by atoms with E-state index >= 15 is 0 Å². The van der Waals surface area contributed by atoms with E-state index in [1.807, 2.05) is 20.8 Å². The van der Waals surface area contributed by atoms with Crippen molar-refractivity contribution >= 4 is 28.9 Å². The lowest BCUT2D eigenvalue weighted by Gasteiger charge is -2.30. The Morgan fingerprint density at radius 1 is 1.21 bits per heavy atom. The highest BCUT2D eigenvalue weighted by Gasteiger charge is 2.31. The van der Waals surface area contributed by atoms with Crippen LogP contribution < -0.4 is 21.5 Å². The normalized spacial score (nSPS) is 17.6. The van der Waals surface area contributed by atoms with Crippen LogP contribution in [0.1, 0.15) is 39.7 Å². The molecule has 0 aliphatic carbocycles. The molecule has 0 spiro atoms. The highest BCUT2D eigenvalue weighted by molar-refractivity contribution is 6.00. The van der Waals surface area contributed by atoms with E-state index in [1.54, 1.807) is 25.2 Å². The number of primary amides is 1. The van der Waals surface area contributed by atoms with Crippen molar-refractivity contribution in [3.8, 4) is 5.75 Å². The minimum Gasteiger partial charge on any atom is -0.491 e. The molecule has 11 nitrogen and oxygen atoms in total. The number of aryl methyl sites for hydroxylation is 1. The number of fused-ring (bicyclic) bond motifs is 1. The summed E-state index contributed by atoms with van der Waals surface area (Å²) in [5, 5.41) is 2.29. The smallest absolute Gasteiger partial charge is 0.404 e. The second kappa shape index (κ2) is 9.65. The molecule has 3 rings (SSSR count). The van der Waals surface area contributed by atoms with Gasteiger partial charge >= 0.3 is 11.8 Å². The fraction of sp³-hybridized carbons (Fsp3) is 0.545. The second-order valence-electron chi connectivity index (χ2n) is 9.03. The first-order chi connectivity index (χ1) is 15.5. The average Bonchev–Trinajstić information content (AvgIpc) is 2.96. The number of imide groups is 1. The van der Waals surface area contributed by atoms with Gasteiger partial charge in [0.05, 0.1) is 23.7 Å². The molecule has 180 valence electrons. The third-order valence-corrected chi connectivity index (χ3v) is 5.60. The van der Waals surface area contributed by atoms with Crippen molar-refractivity contribution in [2.75, 3.05) is 19.8 Å². The highest BCUT2D eigenvalue weighted by atomic mass is 16.6. The van der Waals surface area contributed by atoms with Gasteiger partial charge in [-0.25, -0.2) is 9.59 Å². The Bertz CT molecular complexity index is 1110. The molecule has 3 N–H and O–H groups in total. The number of carbonyl (C=O) groups is 3. The van der Waals surface area contributed by atoms with Crippen molar-refractivity contribution in [2.45, 2.75) is 45.8 Å². The molecule has 2 heterocycles. The standard InChI is InChI=1S/C22H30N4O7/c1-22(2,3)17(12-33-20(23)29)32-10-9-31-13-5-6-14-16(11-13)25(4)21(30)26(14)15-7-8-18(27)24-19(15)28/h5-6,11,15,17H,7-10,12H2,1-4H3,(H2,23,29)(H,24,27,28). The van der Waals surface area contributed by atoms with E-state index < -0.39 is 18.0 Å². The lowest BCUT2D eigenvalue weighted by Crippen LogP contribution is -2.44. The number of aromatic nitrogens is 2. The summed E-state index contributed by atoms with van der Waals surface area (Å²) in [7, 11) is 1.62. The van der Waals surface area contributed by atoms with Crippen molar-refractivity contribution < 1.29 is 28.6 Å². The van der Waals surface area contributed by atoms with Gasteiger partial charge in [0.15, 0.2) is 0 Å². The van der Waals surface area contributed by atoms with E-state index in [9.17, 15) is 19.2 Å². The molecule has 2 atom stereocenters. The molecular formula is C22H30N4O7. The van der Waals surface area contributed by atoms with Crippen molar-refractivity contribution in [3.63, 3.8) is 0 Å². The molecule has 33 heavy (non-hydrogen) atoms. The maximum Gasteiger partial charge on any atom is 0.404 e. The number of ether oxygens (including phenoxy) is 3. The number of benzene rings is 1. The summed E-state index contributed by atoms with van der Waals surface area (Å²) in [6, 6.07) is 4.41. The maximum atomic E-state index is 12.8. The molecule has 0 saturated carbocycles. The zero-order valence-electron chi connectivity index (χ0n) is 19.3. The SMILES string of the molecule is Cn1c(=O)n(C2CCC(=O)NC2=O)c2ccc(OCCOC(COC(N)=O)C(C)(C)C)cc21. The van der Waals surface area contributed by atoms with Crippen LogP contribution >= 0.6 is 0 Å². The molecular weight excluding hydrogens is 432 g/mol. The Hall–Kier alpha value is -3.34. The molecule has 0 radical (unpaired) electrons. The second-order valence-corrected chi connectivity index (χ2v) is 9.03. The zero-order chi connectivity index (χ0) is 24.3. The van der Waals surface area contributed by atoms with Gasteiger partial charge < -0.3 is 19.9 Å². The number of nitrogens with one attached hydrogen (secondary N) is 1. The lowest BCUT2D eigenvalue weighted by atomic mass is 9.89. The average molecular weight is 463 g/mol. The van der Waals surface area contributed by atoms with E-state index in [4.69, 9.17) is 19.9 Å². The summed E-state index contributed by atoms with van der Waals surface area (Å²) in [5.74, 6) is -0.285. The van der Waals surface area contributed by atoms with Crippen molar-refractivity contribution in [3.05, 3.63) is 28.7 Å². The van der Waals surface area contributed by atoms with E-state index in [1.165, 1.54) is 9.13 Å². The first-order valence-electron chi connectivity index (χ1n) is 10.7. The largest absolute Gasteiger partial charge is 0.491 e. The molecule has 1 aromatic carbocycles. The first-order valence-corrected chi connectivity index (χ1v) is 10.7. The number of carbonyl (C=O) groups excluding carboxylic acids is 3. The monoisotopic (exact) mass is 462 g/mol. The minimum atomic E-state index is -0.854. The van der Waals surface area contributed by atoms with Gasteiger partial charge in [-0.2, -0.15) is 0 Å². The molecule has 2 unspecified atom stereocenters. The highest BCUT2D eigenvalue weighted by Crippen LogP contribution is 2.26. The predicted molar refractivity (Wildman–Crippen MR) is 119 cm³/mol. The number of nitrogens with zero attached hydrogens (tertiary/aromatic N) is 2. The first kappa shape index (κ1) is 24.3. The van der Waals surface area contributed by atoms with Gasteiger partial charge in [-0.15, -0.1) is 0 Å². The molecule has 1 aromatic heterocycles. The van der Waals surface area contributed by atoms with Crippen LogP contribution in [-0.2, 0) is 26.1 Å². The van der Waals surface area contributed by atoms with E-state index in [0.717, 1.165) is 0 Å². The van der Waals surface area contributed by atoms with Crippen molar-refractivity contribution in [1.29, 1.82) is 0 Å². The van der Waals surface area contributed by atoms with Crippen molar-refractivity contribution in [1.82, 2.24) is 14.5 Å². The number of amides is 3. The summed E-state index contributed by atoms with van der Waals surface area (Å²) in [4.78, 5) is 47.5. The van der Waals surface area contributed by atoms with E-state index in [-0.39, 0.29) is 55.8 Å². The summed E-state index contributed by atoms with van der Waals surface area (Å²) in [5.41, 5.74) is 5.61. The number of hydrogen-bond acceptors (Lipinski definition) is 7. The van der Waals surface area contributed by atoms with Crippen LogP contribution in [0.5, 0.6) is 5.75 Å². The molecule has 2 aromatic rings. The molecule has 1 saturated heterocycles. The molecule has 1 aliphatic rings. The van der Waals surface area contributed by atoms with Crippen LogP contribution in [-0.4, -0.2) is 53.0 Å². The Labute approximate surface area is 190 Å². The molecule has 11 heteroatoms. The van der Waals surface area contributed by atoms with Gasteiger partial charge in [-0.3, -0.25) is 24.0 Å². The van der Waals surface area contributed by atoms with Gasteiger partial charge in [0.1, 0.15) is 25.0 Å². The van der Waals surface area contributed by atoms with Crippen LogP contribution in [0.3, 0.4) is 0 Å². The Morgan fingerprint density at radius 3 is 2.58 bits per heavy atom. The van der Waals surface area contributed by atoms with E-state index in [2.05, 4.69) is 5.32 Å². The molecule has 1 aliphatic heterocycles. The summed E-state index contributed by atoms with van der Waals surface area (Å²) in [6.45, 7) is 6.41. The topological polar surface area (TPSA) is 144 Å². The molecule has 3 amide bonds. The Morgan fingerprint density at radius 2 is 1.94 bits per heavy atom. The quantitative estimate of drug-likeness (QED) is 0.443. The van der Waals surface area contributed by atoms with Gasteiger partial charge in [-0.1, -0.05) is 20.8 Å².